The second-order valence-corrected chi connectivity index (χ2v) is 10.8. The van der Waals surface area contributed by atoms with Crippen LogP contribution in [-0.2, 0) is 10.2 Å². The molecule has 0 bridgehead atoms. The minimum atomic E-state index is -4.22. The first-order valence-electron chi connectivity index (χ1n) is 12.8. The van der Waals surface area contributed by atoms with Crippen LogP contribution in [-0.4, -0.2) is 66.1 Å². The first kappa shape index (κ1) is 25.8. The zero-order chi connectivity index (χ0) is 26.4. The summed E-state index contributed by atoms with van der Waals surface area (Å²) in [6.07, 6.45) is -3.70. The quantitative estimate of drug-likeness (QED) is 0.483. The number of rotatable bonds is 7. The van der Waals surface area contributed by atoms with Crippen LogP contribution in [0.25, 0.3) is 11.1 Å². The largest absolute Gasteiger partial charge is 0.394 e. The number of urea groups is 1. The first-order valence-corrected chi connectivity index (χ1v) is 12.8. The van der Waals surface area contributed by atoms with Gasteiger partial charge >= 0.3 is 12.2 Å². The lowest BCUT2D eigenvalue weighted by molar-refractivity contribution is -0.143. The number of carbonyl (C=O) groups is 1. The van der Waals surface area contributed by atoms with E-state index in [0.717, 1.165) is 35.4 Å². The number of likely N-dealkylation sites (tertiary alicyclic amines) is 1. The third kappa shape index (κ3) is 5.55. The van der Waals surface area contributed by atoms with E-state index < -0.39 is 24.5 Å². The number of aryl methyl sites for hydroxylation is 1. The van der Waals surface area contributed by atoms with E-state index in [1.54, 1.807) is 6.07 Å². The van der Waals surface area contributed by atoms with Gasteiger partial charge in [-0.15, -0.1) is 0 Å². The Bertz CT molecular complexity index is 1170. The summed E-state index contributed by atoms with van der Waals surface area (Å²) in [7, 11) is 0. The number of ether oxygens (including phenoxy) is 1. The summed E-state index contributed by atoms with van der Waals surface area (Å²) in [5, 5.41) is 15.7. The van der Waals surface area contributed by atoms with Crippen molar-refractivity contribution in [3.8, 4) is 11.1 Å². The molecule has 2 aromatic rings. The molecule has 2 unspecified atom stereocenters. The molecular formula is C27H33F3N4O3. The fourth-order valence-corrected chi connectivity index (χ4v) is 5.58. The van der Waals surface area contributed by atoms with Gasteiger partial charge in [0.25, 0.3) is 0 Å². The number of benzene rings is 1. The van der Waals surface area contributed by atoms with Gasteiger partial charge in [0.1, 0.15) is 5.82 Å². The van der Waals surface area contributed by atoms with Crippen LogP contribution in [0.3, 0.4) is 0 Å². The predicted octanol–water partition coefficient (Wildman–Crippen LogP) is 4.94. The van der Waals surface area contributed by atoms with Gasteiger partial charge in [0.05, 0.1) is 25.5 Å². The van der Waals surface area contributed by atoms with E-state index in [9.17, 15) is 23.1 Å². The molecule has 37 heavy (non-hydrogen) atoms. The second kappa shape index (κ2) is 9.79. The summed E-state index contributed by atoms with van der Waals surface area (Å²) in [5.74, 6) is 0.571. The third-order valence-corrected chi connectivity index (χ3v) is 7.81. The number of aliphatic hydroxyl groups excluding tert-OH is 1. The topological polar surface area (TPSA) is 86.7 Å². The fourth-order valence-electron chi connectivity index (χ4n) is 5.58. The summed E-state index contributed by atoms with van der Waals surface area (Å²) >= 11 is 0. The van der Waals surface area contributed by atoms with Crippen LogP contribution in [0.4, 0.5) is 29.5 Å². The highest BCUT2D eigenvalue weighted by atomic mass is 19.4. The van der Waals surface area contributed by atoms with Crippen LogP contribution in [0, 0.1) is 18.8 Å². The SMILES string of the molecule is Cc1ccc(NC(=O)N2CCC(CC(F)(F)F)C2)cc1-c1cc(NC(C)CO)nc([C@@]23COC[C@@H]2C3)c1. The molecule has 2 aliphatic heterocycles. The van der Waals surface area contributed by atoms with E-state index in [0.29, 0.717) is 37.0 Å². The molecule has 0 radical (unpaired) electrons. The number of aliphatic hydroxyl groups is 1. The maximum Gasteiger partial charge on any atom is 0.389 e. The molecule has 3 aliphatic rings. The van der Waals surface area contributed by atoms with Gasteiger partial charge in [0, 0.05) is 36.7 Å². The zero-order valence-electron chi connectivity index (χ0n) is 21.1. The Kier molecular flexibility index (Phi) is 6.83. The number of hydrogen-bond acceptors (Lipinski definition) is 5. The second-order valence-electron chi connectivity index (χ2n) is 10.8. The Labute approximate surface area is 214 Å². The Morgan fingerprint density at radius 2 is 2.14 bits per heavy atom. The standard InChI is InChI=1S/C27H33F3N4O3/c1-16-3-4-21(32-25(36)34-6-5-18(12-34)10-27(28,29)30)9-22(16)19-7-23(26-11-20(26)14-37-15-26)33-24(8-19)31-17(2)13-35/h3-4,7-9,17-18,20,35H,5-6,10-15H2,1-2H3,(H,31,33)(H,32,36)/t17?,18?,20-,26-/m0/s1. The van der Waals surface area contributed by atoms with Gasteiger partial charge in [0.2, 0.25) is 0 Å². The molecular weight excluding hydrogens is 485 g/mol. The van der Waals surface area contributed by atoms with Crippen LogP contribution < -0.4 is 10.6 Å². The number of pyridine rings is 1. The molecule has 4 atom stereocenters. The van der Waals surface area contributed by atoms with Crippen molar-refractivity contribution in [2.24, 2.45) is 11.8 Å². The average Bonchev–Trinajstić information content (AvgIpc) is 3.14. The van der Waals surface area contributed by atoms with Crippen molar-refractivity contribution in [3.05, 3.63) is 41.6 Å². The lowest BCUT2D eigenvalue weighted by Crippen LogP contribution is -2.33. The minimum absolute atomic E-state index is 0.0288. The van der Waals surface area contributed by atoms with Crippen molar-refractivity contribution < 1.29 is 27.8 Å². The van der Waals surface area contributed by atoms with Crippen molar-refractivity contribution >= 4 is 17.5 Å². The van der Waals surface area contributed by atoms with E-state index in [1.807, 2.05) is 32.0 Å². The van der Waals surface area contributed by atoms with Crippen LogP contribution in [0.15, 0.2) is 30.3 Å². The first-order chi connectivity index (χ1) is 17.6. The normalized spacial score (nSPS) is 25.6. The number of alkyl halides is 3. The highest BCUT2D eigenvalue weighted by Crippen LogP contribution is 2.58. The Balaban J connectivity index is 1.38. The number of carbonyl (C=O) groups excluding carboxylic acids is 1. The molecule has 3 fully saturated rings. The minimum Gasteiger partial charge on any atom is -0.394 e. The van der Waals surface area contributed by atoms with Gasteiger partial charge in [-0.25, -0.2) is 9.78 Å². The number of anilines is 2. The van der Waals surface area contributed by atoms with Crippen LogP contribution in [0.2, 0.25) is 0 Å². The van der Waals surface area contributed by atoms with Crippen molar-refractivity contribution in [1.29, 1.82) is 0 Å². The number of nitrogens with zero attached hydrogens (tertiary/aromatic N) is 2. The maximum absolute atomic E-state index is 12.8. The van der Waals surface area contributed by atoms with Crippen molar-refractivity contribution in [2.75, 3.05) is 43.5 Å². The molecule has 1 aromatic carbocycles. The molecule has 1 aromatic heterocycles. The summed E-state index contributed by atoms with van der Waals surface area (Å²) < 4.78 is 44.0. The van der Waals surface area contributed by atoms with Gasteiger partial charge in [-0.05, 0) is 79.5 Å². The molecule has 200 valence electrons. The molecule has 2 saturated heterocycles. The van der Waals surface area contributed by atoms with Gasteiger partial charge in [-0.3, -0.25) is 0 Å². The van der Waals surface area contributed by atoms with E-state index in [4.69, 9.17) is 9.72 Å². The van der Waals surface area contributed by atoms with E-state index in [2.05, 4.69) is 16.7 Å². The Morgan fingerprint density at radius 3 is 2.81 bits per heavy atom. The van der Waals surface area contributed by atoms with E-state index in [-0.39, 0.29) is 24.6 Å². The molecule has 7 nitrogen and oxygen atoms in total. The molecule has 10 heteroatoms. The van der Waals surface area contributed by atoms with E-state index >= 15 is 0 Å². The Morgan fingerprint density at radius 1 is 1.32 bits per heavy atom. The van der Waals surface area contributed by atoms with E-state index in [1.165, 1.54) is 4.90 Å². The predicted molar refractivity (Wildman–Crippen MR) is 135 cm³/mol. The number of hydrogen-bond donors (Lipinski definition) is 3. The third-order valence-electron chi connectivity index (χ3n) is 7.81. The number of aromatic nitrogens is 1. The van der Waals surface area contributed by atoms with Crippen molar-refractivity contribution in [1.82, 2.24) is 9.88 Å². The smallest absolute Gasteiger partial charge is 0.389 e. The van der Waals surface area contributed by atoms with Crippen molar-refractivity contribution in [3.63, 3.8) is 0 Å². The van der Waals surface area contributed by atoms with Gasteiger partial charge in [-0.1, -0.05) is 6.07 Å². The molecule has 3 N–H and O–H groups in total. The lowest BCUT2D eigenvalue weighted by atomic mass is 9.95. The van der Waals surface area contributed by atoms with Crippen LogP contribution >= 0.6 is 0 Å². The van der Waals surface area contributed by atoms with Crippen LogP contribution in [0.5, 0.6) is 0 Å². The molecule has 0 spiro atoms. The summed E-state index contributed by atoms with van der Waals surface area (Å²) in [6.45, 7) is 5.63. The van der Waals surface area contributed by atoms with Gasteiger partial charge < -0.3 is 25.4 Å². The number of amides is 2. The maximum atomic E-state index is 12.8. The highest BCUT2D eigenvalue weighted by Gasteiger charge is 2.60. The molecule has 5 rings (SSSR count). The molecule has 1 saturated carbocycles. The molecule has 1 aliphatic carbocycles. The summed E-state index contributed by atoms with van der Waals surface area (Å²) in [4.78, 5) is 19.1. The number of halogens is 3. The highest BCUT2D eigenvalue weighted by molar-refractivity contribution is 5.90. The lowest BCUT2D eigenvalue weighted by Gasteiger charge is -2.20. The zero-order valence-corrected chi connectivity index (χ0v) is 21.1. The number of fused-ring (bicyclic) bond motifs is 1. The average molecular weight is 519 g/mol. The summed E-state index contributed by atoms with van der Waals surface area (Å²) in [6, 6.07) is 9.07. The fraction of sp³-hybridized carbons (Fsp3) is 0.556. The van der Waals surface area contributed by atoms with Gasteiger partial charge in [0.15, 0.2) is 0 Å². The molecule has 3 heterocycles. The van der Waals surface area contributed by atoms with Gasteiger partial charge in [-0.2, -0.15) is 13.2 Å². The molecule has 2 amide bonds. The Hall–Kier alpha value is -2.85. The van der Waals surface area contributed by atoms with Crippen LogP contribution in [0.1, 0.15) is 37.4 Å². The number of nitrogens with one attached hydrogen (secondary N) is 2. The monoisotopic (exact) mass is 518 g/mol. The van der Waals surface area contributed by atoms with Crippen molar-refractivity contribution in [2.45, 2.75) is 50.7 Å². The summed E-state index contributed by atoms with van der Waals surface area (Å²) in [5.41, 5.74) is 4.33.